The number of rotatable bonds is 11. The Kier molecular flexibility index (Phi) is 9.25. The normalized spacial score (nSPS) is 24.2. The van der Waals surface area contributed by atoms with Gasteiger partial charge in [-0.1, -0.05) is 24.3 Å². The Morgan fingerprint density at radius 1 is 1.33 bits per heavy atom. The van der Waals surface area contributed by atoms with E-state index in [0.29, 0.717) is 12.3 Å². The number of aryl methyl sites for hydroxylation is 2. The van der Waals surface area contributed by atoms with E-state index in [4.69, 9.17) is 5.11 Å². The van der Waals surface area contributed by atoms with E-state index in [9.17, 15) is 15.0 Å². The molecule has 0 spiro atoms. The number of unbranched alkanes of at least 4 members (excludes halogenated alkanes) is 1. The van der Waals surface area contributed by atoms with Crippen molar-refractivity contribution in [2.45, 2.75) is 70.5 Å². The van der Waals surface area contributed by atoms with Crippen molar-refractivity contribution in [3.05, 3.63) is 46.2 Å². The van der Waals surface area contributed by atoms with Crippen molar-refractivity contribution in [1.82, 2.24) is 0 Å². The summed E-state index contributed by atoms with van der Waals surface area (Å²) in [5, 5.41) is 29.1. The predicted octanol–water partition coefficient (Wildman–Crippen LogP) is 4.49. The van der Waals surface area contributed by atoms with Gasteiger partial charge in [-0.2, -0.15) is 0 Å². The summed E-state index contributed by atoms with van der Waals surface area (Å²) in [6.07, 6.45) is 13.1. The van der Waals surface area contributed by atoms with Crippen LogP contribution in [0.5, 0.6) is 0 Å². The number of hydrogen-bond donors (Lipinski definition) is 3. The highest BCUT2D eigenvalue weighted by Gasteiger charge is 2.32. The van der Waals surface area contributed by atoms with E-state index in [1.54, 1.807) is 11.3 Å². The lowest BCUT2D eigenvalue weighted by molar-refractivity contribution is -0.137. The molecule has 2 rings (SSSR count). The molecule has 0 aliphatic heterocycles. The van der Waals surface area contributed by atoms with Crippen molar-refractivity contribution in [2.24, 2.45) is 11.8 Å². The molecular weight excluding hydrogens is 360 g/mol. The number of carboxylic acids is 1. The number of aliphatic hydroxyl groups is 2. The van der Waals surface area contributed by atoms with Gasteiger partial charge in [0.25, 0.3) is 0 Å². The summed E-state index contributed by atoms with van der Waals surface area (Å²) in [7, 11) is 0. The second-order valence-corrected chi connectivity index (χ2v) is 8.84. The van der Waals surface area contributed by atoms with Crippen molar-refractivity contribution in [2.75, 3.05) is 0 Å². The molecule has 3 N–H and O–H groups in total. The van der Waals surface area contributed by atoms with Crippen LogP contribution in [0.25, 0.3) is 0 Å². The average molecular weight is 393 g/mol. The van der Waals surface area contributed by atoms with E-state index in [2.05, 4.69) is 31.2 Å². The van der Waals surface area contributed by atoms with E-state index < -0.39 is 12.1 Å². The van der Waals surface area contributed by atoms with E-state index in [0.717, 1.165) is 38.5 Å². The van der Waals surface area contributed by atoms with Gasteiger partial charge in [0.1, 0.15) is 0 Å². The first kappa shape index (κ1) is 21.9. The third kappa shape index (κ3) is 7.99. The van der Waals surface area contributed by atoms with Gasteiger partial charge in [0.2, 0.25) is 0 Å². The smallest absolute Gasteiger partial charge is 0.303 e. The molecule has 1 heterocycles. The zero-order valence-corrected chi connectivity index (χ0v) is 16.9. The molecular formula is C22H32O4S. The van der Waals surface area contributed by atoms with Crippen LogP contribution in [-0.4, -0.2) is 33.5 Å². The Morgan fingerprint density at radius 2 is 2.15 bits per heavy atom. The van der Waals surface area contributed by atoms with Gasteiger partial charge in [-0.05, 0) is 75.8 Å². The minimum Gasteiger partial charge on any atom is -0.481 e. The highest BCUT2D eigenvalue weighted by Crippen LogP contribution is 2.36. The monoisotopic (exact) mass is 392 g/mol. The van der Waals surface area contributed by atoms with Gasteiger partial charge in [-0.25, -0.2) is 0 Å². The van der Waals surface area contributed by atoms with E-state index in [1.165, 1.54) is 9.75 Å². The van der Waals surface area contributed by atoms with Crippen LogP contribution in [0.1, 0.15) is 54.7 Å². The minimum absolute atomic E-state index is 0.184. The molecule has 0 amide bonds. The van der Waals surface area contributed by atoms with Crippen LogP contribution in [0.2, 0.25) is 0 Å². The van der Waals surface area contributed by atoms with Crippen molar-refractivity contribution in [3.63, 3.8) is 0 Å². The number of aliphatic hydroxyl groups excluding tert-OH is 2. The average Bonchev–Trinajstić information content (AvgIpc) is 3.20. The summed E-state index contributed by atoms with van der Waals surface area (Å²) in [4.78, 5) is 13.1. The molecule has 0 bridgehead atoms. The van der Waals surface area contributed by atoms with Gasteiger partial charge in [0.15, 0.2) is 0 Å². The summed E-state index contributed by atoms with van der Waals surface area (Å²) in [5.41, 5.74) is 0. The summed E-state index contributed by atoms with van der Waals surface area (Å²) in [6, 6.07) is 4.24. The molecule has 4 atom stereocenters. The Hall–Kier alpha value is -1.43. The maximum absolute atomic E-state index is 10.5. The first-order valence-corrected chi connectivity index (χ1v) is 10.7. The van der Waals surface area contributed by atoms with Gasteiger partial charge in [-0.15, -0.1) is 11.3 Å². The summed E-state index contributed by atoms with van der Waals surface area (Å²) in [5.74, 6) is -0.279. The lowest BCUT2D eigenvalue weighted by Gasteiger charge is -2.18. The second kappa shape index (κ2) is 11.4. The third-order valence-electron chi connectivity index (χ3n) is 5.24. The van der Waals surface area contributed by atoms with Crippen LogP contribution in [0.15, 0.2) is 36.4 Å². The van der Waals surface area contributed by atoms with Gasteiger partial charge in [0.05, 0.1) is 12.2 Å². The van der Waals surface area contributed by atoms with Crippen molar-refractivity contribution in [1.29, 1.82) is 0 Å². The van der Waals surface area contributed by atoms with Gasteiger partial charge in [0, 0.05) is 16.2 Å². The van der Waals surface area contributed by atoms with Gasteiger partial charge >= 0.3 is 5.97 Å². The van der Waals surface area contributed by atoms with Crippen LogP contribution in [-0.2, 0) is 11.2 Å². The summed E-state index contributed by atoms with van der Waals surface area (Å²) in [6.45, 7) is 2.09. The highest BCUT2D eigenvalue weighted by molar-refractivity contribution is 7.11. The Bertz CT molecular complexity index is 634. The summed E-state index contributed by atoms with van der Waals surface area (Å²) < 4.78 is 0. The standard InChI is InChI=1S/C22H32O4S/c1-16-8-13-19(27-16)14-12-18(23)11-9-17-10-15-21(24)20(17)6-4-2-3-5-7-22(25)26/h2,4,8-9,11,13,17-18,20-21,23-24H,3,5-7,10,12,14-15H2,1H3,(H,25,26)/t17-,18+,20+,21?/m0/s1. The Labute approximate surface area is 166 Å². The lowest BCUT2D eigenvalue weighted by atomic mass is 9.90. The lowest BCUT2D eigenvalue weighted by Crippen LogP contribution is -2.17. The fraction of sp³-hybridized carbons (Fsp3) is 0.591. The SMILES string of the molecule is Cc1ccc(CC[C@H](O)C=C[C@H]2CCC(O)[C@@H]2CC=CCCCC(=O)O)s1. The number of hydrogen-bond acceptors (Lipinski definition) is 4. The summed E-state index contributed by atoms with van der Waals surface area (Å²) >= 11 is 1.78. The highest BCUT2D eigenvalue weighted by atomic mass is 32.1. The third-order valence-corrected chi connectivity index (χ3v) is 6.30. The number of aliphatic carboxylic acids is 1. The fourth-order valence-corrected chi connectivity index (χ4v) is 4.57. The molecule has 150 valence electrons. The molecule has 1 saturated carbocycles. The molecule has 1 unspecified atom stereocenters. The molecule has 27 heavy (non-hydrogen) atoms. The van der Waals surface area contributed by atoms with Crippen molar-refractivity contribution < 1.29 is 20.1 Å². The van der Waals surface area contributed by atoms with Crippen LogP contribution < -0.4 is 0 Å². The molecule has 1 aliphatic rings. The van der Waals surface area contributed by atoms with Crippen LogP contribution >= 0.6 is 11.3 Å². The van der Waals surface area contributed by atoms with E-state index in [1.807, 2.05) is 12.2 Å². The Balaban J connectivity index is 1.74. The fourth-order valence-electron chi connectivity index (χ4n) is 3.67. The number of carboxylic acid groups (broad SMARTS) is 1. The predicted molar refractivity (Wildman–Crippen MR) is 110 cm³/mol. The van der Waals surface area contributed by atoms with Crippen LogP contribution in [0.3, 0.4) is 0 Å². The first-order valence-electron chi connectivity index (χ1n) is 9.92. The largest absolute Gasteiger partial charge is 0.481 e. The molecule has 4 nitrogen and oxygen atoms in total. The van der Waals surface area contributed by atoms with Crippen molar-refractivity contribution >= 4 is 17.3 Å². The van der Waals surface area contributed by atoms with Crippen LogP contribution in [0.4, 0.5) is 0 Å². The van der Waals surface area contributed by atoms with E-state index in [-0.39, 0.29) is 18.4 Å². The molecule has 1 aromatic heterocycles. The molecule has 0 radical (unpaired) electrons. The number of allylic oxidation sites excluding steroid dienone is 3. The maximum atomic E-state index is 10.5. The molecule has 0 saturated heterocycles. The second-order valence-electron chi connectivity index (χ2n) is 7.47. The van der Waals surface area contributed by atoms with E-state index >= 15 is 0 Å². The number of thiophene rings is 1. The zero-order chi connectivity index (χ0) is 19.6. The van der Waals surface area contributed by atoms with Crippen molar-refractivity contribution in [3.8, 4) is 0 Å². The Morgan fingerprint density at radius 3 is 2.85 bits per heavy atom. The topological polar surface area (TPSA) is 77.8 Å². The molecule has 1 fully saturated rings. The minimum atomic E-state index is -0.757. The quantitative estimate of drug-likeness (QED) is 0.383. The van der Waals surface area contributed by atoms with Crippen LogP contribution in [0, 0.1) is 18.8 Å². The first-order chi connectivity index (χ1) is 13.0. The molecule has 0 aromatic carbocycles. The van der Waals surface area contributed by atoms with Gasteiger partial charge in [-0.3, -0.25) is 4.79 Å². The molecule has 5 heteroatoms. The zero-order valence-electron chi connectivity index (χ0n) is 16.1. The maximum Gasteiger partial charge on any atom is 0.303 e. The van der Waals surface area contributed by atoms with Gasteiger partial charge < -0.3 is 15.3 Å². The molecule has 1 aliphatic carbocycles. The molecule has 1 aromatic rings. The number of carbonyl (C=O) groups is 1.